The Balaban J connectivity index is 2.06. The number of carbonyl (C=O) groups excluding carboxylic acids is 2. The van der Waals surface area contributed by atoms with Crippen LogP contribution in [-0.4, -0.2) is 53.0 Å². The van der Waals surface area contributed by atoms with Crippen molar-refractivity contribution in [2.75, 3.05) is 46.5 Å². The lowest BCUT2D eigenvalue weighted by Crippen LogP contribution is -2.14. The van der Waals surface area contributed by atoms with Gasteiger partial charge in [-0.15, -0.1) is 0 Å². The molecule has 0 bridgehead atoms. The first kappa shape index (κ1) is 22.0. The number of halogens is 1. The van der Waals surface area contributed by atoms with E-state index in [-0.39, 0.29) is 41.7 Å². The summed E-state index contributed by atoms with van der Waals surface area (Å²) in [5.74, 6) is -1.04. The Morgan fingerprint density at radius 1 is 0.931 bits per heavy atom. The van der Waals surface area contributed by atoms with Gasteiger partial charge in [0.2, 0.25) is 0 Å². The highest BCUT2D eigenvalue weighted by Crippen LogP contribution is 2.29. The third kappa shape index (κ3) is 6.35. The SMILES string of the molecule is COCCOc1ccc(NC(=O)c2ccc(OCC(=O)OC)c(OC)c2)cc1F. The highest BCUT2D eigenvalue weighted by atomic mass is 19.1. The lowest BCUT2D eigenvalue weighted by Gasteiger charge is -2.12. The van der Waals surface area contributed by atoms with Crippen molar-refractivity contribution < 1.29 is 37.7 Å². The van der Waals surface area contributed by atoms with Crippen LogP contribution in [-0.2, 0) is 14.3 Å². The molecule has 8 nitrogen and oxygen atoms in total. The smallest absolute Gasteiger partial charge is 0.343 e. The van der Waals surface area contributed by atoms with Crippen molar-refractivity contribution >= 4 is 17.6 Å². The topological polar surface area (TPSA) is 92.3 Å². The van der Waals surface area contributed by atoms with Crippen LogP contribution < -0.4 is 19.5 Å². The van der Waals surface area contributed by atoms with Gasteiger partial charge in [-0.1, -0.05) is 0 Å². The van der Waals surface area contributed by atoms with Gasteiger partial charge in [-0.2, -0.15) is 0 Å². The first-order valence-electron chi connectivity index (χ1n) is 8.58. The van der Waals surface area contributed by atoms with Gasteiger partial charge in [0.25, 0.3) is 5.91 Å². The quantitative estimate of drug-likeness (QED) is 0.478. The van der Waals surface area contributed by atoms with Crippen LogP contribution in [0.1, 0.15) is 10.4 Å². The third-order valence-corrected chi connectivity index (χ3v) is 3.73. The van der Waals surface area contributed by atoms with E-state index in [0.717, 1.165) is 6.07 Å². The number of benzene rings is 2. The molecular weight excluding hydrogens is 385 g/mol. The molecule has 1 amide bonds. The molecule has 156 valence electrons. The molecule has 0 fully saturated rings. The minimum atomic E-state index is -0.608. The Kier molecular flexibility index (Phi) is 8.23. The molecular formula is C20H22FNO7. The van der Waals surface area contributed by atoms with Crippen LogP contribution >= 0.6 is 0 Å². The van der Waals surface area contributed by atoms with E-state index in [1.165, 1.54) is 51.7 Å². The van der Waals surface area contributed by atoms with Crippen molar-refractivity contribution in [3.05, 3.63) is 47.8 Å². The van der Waals surface area contributed by atoms with Gasteiger partial charge in [0.05, 0.1) is 20.8 Å². The normalized spacial score (nSPS) is 10.2. The van der Waals surface area contributed by atoms with Crippen LogP contribution in [0.3, 0.4) is 0 Å². The van der Waals surface area contributed by atoms with Crippen LogP contribution in [0.15, 0.2) is 36.4 Å². The molecule has 2 rings (SSSR count). The molecule has 2 aromatic rings. The summed E-state index contributed by atoms with van der Waals surface area (Å²) in [5, 5.41) is 2.59. The minimum Gasteiger partial charge on any atom is -0.493 e. The van der Waals surface area contributed by atoms with E-state index in [9.17, 15) is 14.0 Å². The molecule has 0 heterocycles. The Hall–Kier alpha value is -3.33. The van der Waals surface area contributed by atoms with Crippen molar-refractivity contribution in [1.82, 2.24) is 0 Å². The maximum atomic E-state index is 14.1. The molecule has 0 aromatic heterocycles. The van der Waals surface area contributed by atoms with Crippen molar-refractivity contribution in [2.45, 2.75) is 0 Å². The molecule has 0 aliphatic carbocycles. The number of amides is 1. The third-order valence-electron chi connectivity index (χ3n) is 3.73. The van der Waals surface area contributed by atoms with Crippen molar-refractivity contribution in [2.24, 2.45) is 0 Å². The fourth-order valence-electron chi connectivity index (χ4n) is 2.26. The number of anilines is 1. The zero-order valence-corrected chi connectivity index (χ0v) is 16.3. The second-order valence-electron chi connectivity index (χ2n) is 5.67. The lowest BCUT2D eigenvalue weighted by atomic mass is 10.1. The van der Waals surface area contributed by atoms with Gasteiger partial charge in [0, 0.05) is 24.4 Å². The molecule has 0 aliphatic heterocycles. The van der Waals surface area contributed by atoms with E-state index < -0.39 is 17.7 Å². The van der Waals surface area contributed by atoms with Gasteiger partial charge >= 0.3 is 5.97 Å². The molecule has 0 unspecified atom stereocenters. The van der Waals surface area contributed by atoms with Gasteiger partial charge in [-0.25, -0.2) is 9.18 Å². The number of hydrogen-bond acceptors (Lipinski definition) is 7. The zero-order chi connectivity index (χ0) is 21.2. The average molecular weight is 407 g/mol. The Labute approximate surface area is 167 Å². The highest BCUT2D eigenvalue weighted by Gasteiger charge is 2.14. The minimum absolute atomic E-state index is 0.0637. The zero-order valence-electron chi connectivity index (χ0n) is 16.3. The summed E-state index contributed by atoms with van der Waals surface area (Å²) >= 11 is 0. The van der Waals surface area contributed by atoms with Gasteiger partial charge in [0.1, 0.15) is 6.61 Å². The van der Waals surface area contributed by atoms with E-state index in [0.29, 0.717) is 6.61 Å². The van der Waals surface area contributed by atoms with E-state index in [1.807, 2.05) is 0 Å². The van der Waals surface area contributed by atoms with Crippen LogP contribution in [0.4, 0.5) is 10.1 Å². The maximum Gasteiger partial charge on any atom is 0.343 e. The fourth-order valence-corrected chi connectivity index (χ4v) is 2.26. The molecule has 9 heteroatoms. The molecule has 0 radical (unpaired) electrons. The van der Waals surface area contributed by atoms with Crippen LogP contribution in [0.25, 0.3) is 0 Å². The predicted octanol–water partition coefficient (Wildman–Crippen LogP) is 2.66. The predicted molar refractivity (Wildman–Crippen MR) is 102 cm³/mol. The van der Waals surface area contributed by atoms with E-state index in [1.54, 1.807) is 0 Å². The number of ether oxygens (including phenoxy) is 5. The van der Waals surface area contributed by atoms with E-state index >= 15 is 0 Å². The van der Waals surface area contributed by atoms with Crippen LogP contribution in [0, 0.1) is 5.82 Å². The largest absolute Gasteiger partial charge is 0.493 e. The molecule has 0 saturated heterocycles. The maximum absolute atomic E-state index is 14.1. The highest BCUT2D eigenvalue weighted by molar-refractivity contribution is 6.04. The van der Waals surface area contributed by atoms with Crippen LogP contribution in [0.5, 0.6) is 17.2 Å². The van der Waals surface area contributed by atoms with Gasteiger partial charge in [-0.3, -0.25) is 4.79 Å². The van der Waals surface area contributed by atoms with Gasteiger partial charge in [0.15, 0.2) is 29.7 Å². The Morgan fingerprint density at radius 2 is 1.69 bits per heavy atom. The standard InChI is InChI=1S/C20H22FNO7/c1-25-8-9-28-16-7-5-14(11-15(16)21)22-20(24)13-4-6-17(18(10-13)26-2)29-12-19(23)27-3/h4-7,10-11H,8-9,12H2,1-3H3,(H,22,24). The second-order valence-corrected chi connectivity index (χ2v) is 5.67. The first-order valence-corrected chi connectivity index (χ1v) is 8.58. The first-order chi connectivity index (χ1) is 14.0. The second kappa shape index (κ2) is 10.9. The fraction of sp³-hybridized carbons (Fsp3) is 0.300. The molecule has 1 N–H and O–H groups in total. The number of hydrogen-bond donors (Lipinski definition) is 1. The molecule has 0 aliphatic rings. The van der Waals surface area contributed by atoms with Crippen molar-refractivity contribution in [3.63, 3.8) is 0 Å². The Bertz CT molecular complexity index is 857. The van der Waals surface area contributed by atoms with E-state index in [4.69, 9.17) is 18.9 Å². The molecule has 0 saturated carbocycles. The van der Waals surface area contributed by atoms with Gasteiger partial charge in [-0.05, 0) is 30.3 Å². The molecule has 0 atom stereocenters. The number of nitrogens with one attached hydrogen (secondary N) is 1. The molecule has 0 spiro atoms. The summed E-state index contributed by atoms with van der Waals surface area (Å²) < 4.78 is 39.2. The van der Waals surface area contributed by atoms with Crippen molar-refractivity contribution in [3.8, 4) is 17.2 Å². The summed E-state index contributed by atoms with van der Waals surface area (Å²) in [5.41, 5.74) is 0.518. The monoisotopic (exact) mass is 407 g/mol. The van der Waals surface area contributed by atoms with Crippen LogP contribution in [0.2, 0.25) is 0 Å². The average Bonchev–Trinajstić information content (AvgIpc) is 2.73. The molecule has 29 heavy (non-hydrogen) atoms. The van der Waals surface area contributed by atoms with Gasteiger partial charge < -0.3 is 29.0 Å². The summed E-state index contributed by atoms with van der Waals surface area (Å²) in [6, 6.07) is 8.53. The number of esters is 1. The number of carbonyl (C=O) groups is 2. The summed E-state index contributed by atoms with van der Waals surface area (Å²) in [6.45, 7) is 0.249. The van der Waals surface area contributed by atoms with Crippen molar-refractivity contribution in [1.29, 1.82) is 0 Å². The molecule has 2 aromatic carbocycles. The number of rotatable bonds is 10. The number of methoxy groups -OCH3 is 3. The lowest BCUT2D eigenvalue weighted by molar-refractivity contribution is -0.142. The summed E-state index contributed by atoms with van der Waals surface area (Å²) in [6.07, 6.45) is 0. The summed E-state index contributed by atoms with van der Waals surface area (Å²) in [7, 11) is 4.17. The van der Waals surface area contributed by atoms with E-state index in [2.05, 4.69) is 10.1 Å². The Morgan fingerprint density at radius 3 is 2.34 bits per heavy atom. The summed E-state index contributed by atoms with van der Waals surface area (Å²) in [4.78, 5) is 23.7.